The van der Waals surface area contributed by atoms with Gasteiger partial charge in [0.25, 0.3) is 0 Å². The third-order valence-electron chi connectivity index (χ3n) is 3.54. The maximum Gasteiger partial charge on any atom is 0.431 e. The lowest BCUT2D eigenvalue weighted by Crippen LogP contribution is -2.49. The Labute approximate surface area is 145 Å². The number of halogens is 8. The molecule has 1 unspecified atom stereocenters. The fraction of sp³-hybridized carbons (Fsp3) is 0.429. The highest BCUT2D eigenvalue weighted by atomic mass is 35.5. The maximum absolute atomic E-state index is 13.5. The summed E-state index contributed by atoms with van der Waals surface area (Å²) in [4.78, 5) is 0. The summed E-state index contributed by atoms with van der Waals surface area (Å²) in [7, 11) is -4.00. The van der Waals surface area contributed by atoms with E-state index in [9.17, 15) is 34.9 Å². The first-order valence-corrected chi connectivity index (χ1v) is 8.32. The molecule has 1 aliphatic heterocycles. The second kappa shape index (κ2) is 6.79. The van der Waals surface area contributed by atoms with Crippen molar-refractivity contribution in [2.45, 2.75) is 29.2 Å². The first-order chi connectivity index (χ1) is 11.4. The smallest absolute Gasteiger partial charge is 0.282 e. The third kappa shape index (κ3) is 4.11. The van der Waals surface area contributed by atoms with Crippen LogP contribution in [0.1, 0.15) is 17.9 Å². The van der Waals surface area contributed by atoms with E-state index in [1.54, 1.807) is 30.3 Å². The topological polar surface area (TPSA) is 20.3 Å². The van der Waals surface area contributed by atoms with E-state index in [4.69, 9.17) is 0 Å². The number of hydrogen-bond donors (Lipinski definition) is 0. The van der Waals surface area contributed by atoms with Crippen LogP contribution in [-0.2, 0) is 11.0 Å². The Morgan fingerprint density at radius 3 is 2.08 bits per heavy atom. The standard InChI is InChI=1S/C14H11ClF7NOS/c15-13(19,20)14(21,22)25(24)23-7-6-10(8-11(23)12(16,17)18)9-4-2-1-3-5-9/h1-5,8,10H,6-7H2/t10-,25?/m1/s1. The highest BCUT2D eigenvalue weighted by Crippen LogP contribution is 2.45. The summed E-state index contributed by atoms with van der Waals surface area (Å²) in [6.07, 6.45) is -4.65. The highest BCUT2D eigenvalue weighted by molar-refractivity contribution is 7.84. The molecule has 0 saturated carbocycles. The van der Waals surface area contributed by atoms with Crippen molar-refractivity contribution in [3.05, 3.63) is 47.7 Å². The first kappa shape index (κ1) is 20.0. The van der Waals surface area contributed by atoms with Crippen molar-refractivity contribution in [2.24, 2.45) is 0 Å². The third-order valence-corrected chi connectivity index (χ3v) is 5.36. The van der Waals surface area contributed by atoms with E-state index in [1.165, 1.54) is 0 Å². The minimum Gasteiger partial charge on any atom is -0.282 e. The van der Waals surface area contributed by atoms with Crippen LogP contribution in [0.2, 0.25) is 0 Å². The molecule has 0 radical (unpaired) electrons. The number of nitrogens with zero attached hydrogens (tertiary/aromatic N) is 1. The van der Waals surface area contributed by atoms with E-state index in [1.807, 2.05) is 0 Å². The van der Waals surface area contributed by atoms with Crippen molar-refractivity contribution in [3.63, 3.8) is 0 Å². The molecule has 1 aromatic rings. The van der Waals surface area contributed by atoms with Gasteiger partial charge in [-0.3, -0.25) is 4.31 Å². The summed E-state index contributed by atoms with van der Waals surface area (Å²) in [6, 6.07) is 7.91. The molecule has 1 heterocycles. The van der Waals surface area contributed by atoms with Crippen molar-refractivity contribution in [1.82, 2.24) is 4.31 Å². The molecule has 2 nitrogen and oxygen atoms in total. The normalized spacial score (nSPS) is 21.0. The molecule has 25 heavy (non-hydrogen) atoms. The summed E-state index contributed by atoms with van der Waals surface area (Å²) >= 11 is 4.22. The van der Waals surface area contributed by atoms with Gasteiger partial charge in [0.2, 0.25) is 0 Å². The van der Waals surface area contributed by atoms with Crippen LogP contribution in [0.5, 0.6) is 0 Å². The van der Waals surface area contributed by atoms with Gasteiger partial charge in [0.1, 0.15) is 5.70 Å². The van der Waals surface area contributed by atoms with Crippen LogP contribution in [0, 0.1) is 0 Å². The van der Waals surface area contributed by atoms with Gasteiger partial charge in [0, 0.05) is 12.5 Å². The monoisotopic (exact) mass is 409 g/mol. The lowest BCUT2D eigenvalue weighted by Gasteiger charge is -2.36. The highest BCUT2D eigenvalue weighted by Gasteiger charge is 2.63. The van der Waals surface area contributed by atoms with Crippen molar-refractivity contribution < 1.29 is 34.9 Å². The number of alkyl halides is 8. The van der Waals surface area contributed by atoms with Crippen molar-refractivity contribution in [1.29, 1.82) is 0 Å². The van der Waals surface area contributed by atoms with Crippen LogP contribution in [0.25, 0.3) is 0 Å². The zero-order chi connectivity index (χ0) is 19.0. The molecule has 11 heteroatoms. The van der Waals surface area contributed by atoms with E-state index in [2.05, 4.69) is 11.6 Å². The molecule has 0 aliphatic carbocycles. The summed E-state index contributed by atoms with van der Waals surface area (Å²) in [5.74, 6) is -0.781. The zero-order valence-corrected chi connectivity index (χ0v) is 13.8. The summed E-state index contributed by atoms with van der Waals surface area (Å²) in [5.41, 5.74) is -1.17. The van der Waals surface area contributed by atoms with Gasteiger partial charge >= 0.3 is 16.8 Å². The number of rotatable bonds is 4. The van der Waals surface area contributed by atoms with Crippen molar-refractivity contribution in [2.75, 3.05) is 6.54 Å². The first-order valence-electron chi connectivity index (χ1n) is 6.83. The Hall–Kier alpha value is -1.29. The van der Waals surface area contributed by atoms with E-state index >= 15 is 0 Å². The van der Waals surface area contributed by atoms with Gasteiger partial charge in [-0.15, -0.1) is 0 Å². The van der Waals surface area contributed by atoms with E-state index in [0.717, 1.165) is 0 Å². The molecule has 2 atom stereocenters. The predicted octanol–water partition coefficient (Wildman–Crippen LogP) is 5.01. The summed E-state index contributed by atoms with van der Waals surface area (Å²) in [5, 5.41) is -10.6. The molecule has 0 N–H and O–H groups in total. The van der Waals surface area contributed by atoms with Crippen LogP contribution in [0.4, 0.5) is 30.7 Å². The molecule has 0 aromatic heterocycles. The van der Waals surface area contributed by atoms with Gasteiger partial charge in [-0.25, -0.2) is 4.21 Å². The van der Waals surface area contributed by atoms with Gasteiger partial charge in [0.15, 0.2) is 11.0 Å². The second-order valence-corrected chi connectivity index (χ2v) is 7.15. The predicted molar refractivity (Wildman–Crippen MR) is 78.5 cm³/mol. The zero-order valence-electron chi connectivity index (χ0n) is 12.2. The van der Waals surface area contributed by atoms with Gasteiger partial charge in [-0.05, 0) is 29.7 Å². The van der Waals surface area contributed by atoms with Crippen LogP contribution >= 0.6 is 11.6 Å². The van der Waals surface area contributed by atoms with Gasteiger partial charge in [-0.1, -0.05) is 30.3 Å². The molecule has 1 aliphatic rings. The molecule has 1 aromatic carbocycles. The Kier molecular flexibility index (Phi) is 5.44. The lowest BCUT2D eigenvalue weighted by atomic mass is 9.92. The Bertz CT molecular complexity index is 672. The van der Waals surface area contributed by atoms with Crippen LogP contribution in [0.15, 0.2) is 42.1 Å². The minimum absolute atomic E-state index is 0.112. The van der Waals surface area contributed by atoms with E-state index < -0.39 is 46.0 Å². The second-order valence-electron chi connectivity index (χ2n) is 5.22. The van der Waals surface area contributed by atoms with Crippen LogP contribution in [0.3, 0.4) is 0 Å². The number of hydrogen-bond acceptors (Lipinski definition) is 1. The molecule has 0 spiro atoms. The molecule has 140 valence electrons. The fourth-order valence-electron chi connectivity index (χ4n) is 2.34. The van der Waals surface area contributed by atoms with Gasteiger partial charge < -0.3 is 0 Å². The minimum atomic E-state index is -5.36. The SMILES string of the molecule is O=S(N1CC[C@@H](c2ccccc2)C=C1C(F)(F)F)C(F)(F)C(F)(F)Cl. The largest absolute Gasteiger partial charge is 0.431 e. The average Bonchev–Trinajstić information content (AvgIpc) is 2.52. The van der Waals surface area contributed by atoms with Crippen molar-refractivity contribution >= 4 is 22.6 Å². The molecular weight excluding hydrogens is 399 g/mol. The van der Waals surface area contributed by atoms with Crippen LogP contribution in [-0.4, -0.2) is 31.9 Å². The Morgan fingerprint density at radius 1 is 1.04 bits per heavy atom. The molecule has 0 fully saturated rings. The number of benzene rings is 1. The molecule has 0 amide bonds. The van der Waals surface area contributed by atoms with Crippen LogP contribution < -0.4 is 0 Å². The summed E-state index contributed by atoms with van der Waals surface area (Å²) in [6.45, 7) is -0.750. The maximum atomic E-state index is 13.5. The quantitative estimate of drug-likeness (QED) is 0.505. The lowest BCUT2D eigenvalue weighted by molar-refractivity contribution is -0.112. The summed E-state index contributed by atoms with van der Waals surface area (Å²) < 4.78 is 104. The van der Waals surface area contributed by atoms with Gasteiger partial charge in [-0.2, -0.15) is 30.7 Å². The number of allylic oxidation sites excluding steroid dienone is 2. The molecule has 2 rings (SSSR count). The Morgan fingerprint density at radius 2 is 1.60 bits per heavy atom. The molecule has 0 bridgehead atoms. The Balaban J connectivity index is 2.42. The van der Waals surface area contributed by atoms with Crippen molar-refractivity contribution in [3.8, 4) is 0 Å². The average molecular weight is 410 g/mol. The molecule has 0 saturated heterocycles. The van der Waals surface area contributed by atoms with Gasteiger partial charge in [0.05, 0.1) is 0 Å². The van der Waals surface area contributed by atoms with E-state index in [0.29, 0.717) is 11.6 Å². The molecular formula is C14H11ClF7NOS. The fourth-order valence-corrected chi connectivity index (χ4v) is 3.63. The van der Waals surface area contributed by atoms with E-state index in [-0.39, 0.29) is 10.7 Å².